The molecule has 2 heteroatoms. The van der Waals surface area contributed by atoms with E-state index < -0.39 is 0 Å². The van der Waals surface area contributed by atoms with Gasteiger partial charge in [-0.3, -0.25) is 5.01 Å². The predicted octanol–water partition coefficient (Wildman–Crippen LogP) is 3.06. The normalized spacial score (nSPS) is 23.0. The Hall–Kier alpha value is -0.790. The minimum atomic E-state index is 0.0825. The van der Waals surface area contributed by atoms with Crippen LogP contribution in [0.15, 0.2) is 17.3 Å². The average Bonchev–Trinajstić information content (AvgIpc) is 2.01. The number of hydrazone groups is 1. The third kappa shape index (κ3) is 2.37. The molecule has 0 N–H and O–H groups in total. The van der Waals surface area contributed by atoms with Crippen LogP contribution in [-0.2, 0) is 0 Å². The van der Waals surface area contributed by atoms with E-state index in [4.69, 9.17) is 0 Å². The summed E-state index contributed by atoms with van der Waals surface area (Å²) >= 11 is 0. The van der Waals surface area contributed by atoms with Gasteiger partial charge in [-0.15, -0.1) is 0 Å². The van der Waals surface area contributed by atoms with Crippen molar-refractivity contribution in [3.63, 3.8) is 0 Å². The summed E-state index contributed by atoms with van der Waals surface area (Å²) in [5, 5.41) is 6.66. The molecule has 0 aromatic rings. The number of nitrogens with zero attached hydrogens (tertiary/aromatic N) is 2. The molecule has 1 rings (SSSR count). The summed E-state index contributed by atoms with van der Waals surface area (Å²) in [5.74, 6) is 0. The third-order valence-electron chi connectivity index (χ3n) is 2.41. The molecule has 14 heavy (non-hydrogen) atoms. The second-order valence-corrected chi connectivity index (χ2v) is 5.98. The Labute approximate surface area is 87.7 Å². The average molecular weight is 194 g/mol. The van der Waals surface area contributed by atoms with Gasteiger partial charge in [0.25, 0.3) is 0 Å². The molecule has 1 aliphatic heterocycles. The molecule has 0 aliphatic carbocycles. The maximum Gasteiger partial charge on any atom is 0.0708 e. The molecule has 0 radical (unpaired) electrons. The van der Waals surface area contributed by atoms with Gasteiger partial charge in [0.05, 0.1) is 11.6 Å². The van der Waals surface area contributed by atoms with Gasteiger partial charge in [-0.1, -0.05) is 26.8 Å². The van der Waals surface area contributed by atoms with Gasteiger partial charge in [-0.25, -0.2) is 0 Å². The first-order valence-corrected chi connectivity index (χ1v) is 5.23. The van der Waals surface area contributed by atoms with Crippen LogP contribution in [0.2, 0.25) is 0 Å². The van der Waals surface area contributed by atoms with E-state index in [0.717, 1.165) is 0 Å². The standard InChI is InChI=1S/C12H22N2/c1-11(2,3)10-8-7-9-13-14(10)12(4,5)6/h7-10H,1-6H3. The van der Waals surface area contributed by atoms with Gasteiger partial charge in [-0.2, -0.15) is 5.10 Å². The van der Waals surface area contributed by atoms with Crippen molar-refractivity contribution in [3.05, 3.63) is 12.2 Å². The summed E-state index contributed by atoms with van der Waals surface area (Å²) in [4.78, 5) is 0. The molecule has 2 nitrogen and oxygen atoms in total. The summed E-state index contributed by atoms with van der Waals surface area (Å²) in [5.41, 5.74) is 0.306. The highest BCUT2D eigenvalue weighted by Crippen LogP contribution is 2.31. The molecule has 1 atom stereocenters. The maximum absolute atomic E-state index is 4.47. The van der Waals surface area contributed by atoms with Gasteiger partial charge >= 0.3 is 0 Å². The van der Waals surface area contributed by atoms with E-state index in [1.807, 2.05) is 12.3 Å². The molecule has 80 valence electrons. The Morgan fingerprint density at radius 2 is 1.64 bits per heavy atom. The fraction of sp³-hybridized carbons (Fsp3) is 0.750. The highest BCUT2D eigenvalue weighted by molar-refractivity contribution is 5.71. The van der Waals surface area contributed by atoms with E-state index in [2.05, 4.69) is 57.7 Å². The fourth-order valence-electron chi connectivity index (χ4n) is 1.66. The van der Waals surface area contributed by atoms with Crippen LogP contribution in [0.25, 0.3) is 0 Å². The van der Waals surface area contributed by atoms with E-state index in [1.165, 1.54) is 0 Å². The summed E-state index contributed by atoms with van der Waals surface area (Å²) in [6, 6.07) is 0.382. The Kier molecular flexibility index (Phi) is 2.75. The molecule has 0 fully saturated rings. The van der Waals surface area contributed by atoms with Gasteiger partial charge in [0, 0.05) is 6.21 Å². The smallest absolute Gasteiger partial charge is 0.0708 e. The summed E-state index contributed by atoms with van der Waals surface area (Å²) in [6.07, 6.45) is 6.14. The van der Waals surface area contributed by atoms with Gasteiger partial charge in [0.1, 0.15) is 0 Å². The highest BCUT2D eigenvalue weighted by atomic mass is 15.5. The molecule has 0 aromatic heterocycles. The highest BCUT2D eigenvalue weighted by Gasteiger charge is 2.34. The van der Waals surface area contributed by atoms with Crippen molar-refractivity contribution in [2.24, 2.45) is 10.5 Å². The first-order valence-electron chi connectivity index (χ1n) is 5.23. The molecule has 0 spiro atoms. The molecule has 0 saturated heterocycles. The molecule has 0 bridgehead atoms. The first-order chi connectivity index (χ1) is 6.23. The van der Waals surface area contributed by atoms with E-state index in [9.17, 15) is 0 Å². The van der Waals surface area contributed by atoms with Gasteiger partial charge < -0.3 is 0 Å². The Morgan fingerprint density at radius 3 is 2.00 bits per heavy atom. The zero-order valence-corrected chi connectivity index (χ0v) is 10.2. The topological polar surface area (TPSA) is 15.6 Å². The number of allylic oxidation sites excluding steroid dienone is 1. The summed E-state index contributed by atoms with van der Waals surface area (Å²) in [6.45, 7) is 13.3. The number of hydrogen-bond acceptors (Lipinski definition) is 2. The first kappa shape index (κ1) is 11.3. The van der Waals surface area contributed by atoms with Crippen LogP contribution in [0, 0.1) is 5.41 Å². The molecule has 1 heterocycles. The molecule has 0 saturated carbocycles. The molecule has 1 aliphatic rings. The van der Waals surface area contributed by atoms with Crippen molar-refractivity contribution in [1.29, 1.82) is 0 Å². The summed E-state index contributed by atoms with van der Waals surface area (Å²) in [7, 11) is 0. The van der Waals surface area contributed by atoms with E-state index >= 15 is 0 Å². The number of rotatable bonds is 0. The maximum atomic E-state index is 4.47. The van der Waals surface area contributed by atoms with Crippen LogP contribution in [-0.4, -0.2) is 22.8 Å². The zero-order valence-electron chi connectivity index (χ0n) is 10.2. The second-order valence-electron chi connectivity index (χ2n) is 5.98. The van der Waals surface area contributed by atoms with Crippen LogP contribution >= 0.6 is 0 Å². The molecule has 1 unspecified atom stereocenters. The Bertz CT molecular complexity index is 222. The van der Waals surface area contributed by atoms with Gasteiger partial charge in [0.2, 0.25) is 0 Å². The lowest BCUT2D eigenvalue weighted by molar-refractivity contribution is 0.0506. The quantitative estimate of drug-likeness (QED) is 0.578. The molecular formula is C12H22N2. The van der Waals surface area contributed by atoms with Crippen LogP contribution in [0.4, 0.5) is 0 Å². The van der Waals surface area contributed by atoms with Crippen molar-refractivity contribution < 1.29 is 0 Å². The van der Waals surface area contributed by atoms with Crippen LogP contribution < -0.4 is 0 Å². The molecular weight excluding hydrogens is 172 g/mol. The van der Waals surface area contributed by atoms with Crippen LogP contribution in [0.5, 0.6) is 0 Å². The van der Waals surface area contributed by atoms with Crippen molar-refractivity contribution in [3.8, 4) is 0 Å². The SMILES string of the molecule is CC(C)(C)C1C=CC=NN1C(C)(C)C. The lowest BCUT2D eigenvalue weighted by Crippen LogP contribution is -2.50. The Morgan fingerprint density at radius 1 is 1.07 bits per heavy atom. The largest absolute Gasteiger partial charge is 0.284 e. The lowest BCUT2D eigenvalue weighted by atomic mass is 9.84. The minimum Gasteiger partial charge on any atom is -0.284 e. The predicted molar refractivity (Wildman–Crippen MR) is 62.5 cm³/mol. The van der Waals surface area contributed by atoms with Crippen molar-refractivity contribution in [1.82, 2.24) is 5.01 Å². The van der Waals surface area contributed by atoms with Crippen molar-refractivity contribution >= 4 is 6.21 Å². The van der Waals surface area contributed by atoms with Crippen molar-refractivity contribution in [2.75, 3.05) is 0 Å². The van der Waals surface area contributed by atoms with Crippen molar-refractivity contribution in [2.45, 2.75) is 53.1 Å². The molecule has 0 aromatic carbocycles. The minimum absolute atomic E-state index is 0.0825. The monoisotopic (exact) mass is 194 g/mol. The Balaban J connectivity index is 2.94. The van der Waals surface area contributed by atoms with E-state index in [1.54, 1.807) is 0 Å². The second kappa shape index (κ2) is 3.41. The summed E-state index contributed by atoms with van der Waals surface area (Å²) < 4.78 is 0. The van der Waals surface area contributed by atoms with Gasteiger partial charge in [-0.05, 0) is 32.3 Å². The van der Waals surface area contributed by atoms with Gasteiger partial charge in [0.15, 0.2) is 0 Å². The van der Waals surface area contributed by atoms with E-state index in [0.29, 0.717) is 6.04 Å². The zero-order chi connectivity index (χ0) is 11.0. The van der Waals surface area contributed by atoms with E-state index in [-0.39, 0.29) is 11.0 Å². The van der Waals surface area contributed by atoms with Crippen LogP contribution in [0.1, 0.15) is 41.5 Å². The fourth-order valence-corrected chi connectivity index (χ4v) is 1.66. The lowest BCUT2D eigenvalue weighted by Gasteiger charge is -2.45. The third-order valence-corrected chi connectivity index (χ3v) is 2.41. The molecule has 0 amide bonds. The van der Waals surface area contributed by atoms with Crippen LogP contribution in [0.3, 0.4) is 0 Å². The number of hydrogen-bond donors (Lipinski definition) is 0.